The first kappa shape index (κ1) is 14.5. The summed E-state index contributed by atoms with van der Waals surface area (Å²) in [5.41, 5.74) is 4.68. The van der Waals surface area contributed by atoms with Crippen LogP contribution in [0.4, 0.5) is 0 Å². The number of benzene rings is 1. The average molecular weight is 289 g/mol. The third kappa shape index (κ3) is 3.23. The molecule has 1 nitrogen and oxygen atoms in total. The van der Waals surface area contributed by atoms with Crippen LogP contribution in [0.25, 0.3) is 0 Å². The van der Waals surface area contributed by atoms with Crippen molar-refractivity contribution in [3.63, 3.8) is 0 Å². The Bertz CT molecular complexity index is 457. The molecule has 1 fully saturated rings. The Balaban J connectivity index is 1.68. The van der Waals surface area contributed by atoms with Crippen molar-refractivity contribution >= 4 is 11.8 Å². The first-order valence-corrected chi connectivity index (χ1v) is 9.28. The van der Waals surface area contributed by atoms with Crippen LogP contribution >= 0.6 is 11.8 Å². The summed E-state index contributed by atoms with van der Waals surface area (Å²) in [5.74, 6) is 1.34. The van der Waals surface area contributed by atoms with E-state index in [0.717, 1.165) is 5.25 Å². The molecule has 3 atom stereocenters. The van der Waals surface area contributed by atoms with Crippen molar-refractivity contribution in [2.45, 2.75) is 69.7 Å². The molecule has 1 aliphatic heterocycles. The maximum atomic E-state index is 3.87. The van der Waals surface area contributed by atoms with E-state index < -0.39 is 0 Å². The topological polar surface area (TPSA) is 12.0 Å². The fourth-order valence-corrected chi connectivity index (χ4v) is 4.73. The predicted molar refractivity (Wildman–Crippen MR) is 89.6 cm³/mol. The van der Waals surface area contributed by atoms with Crippen LogP contribution in [0.5, 0.6) is 0 Å². The first-order chi connectivity index (χ1) is 9.74. The van der Waals surface area contributed by atoms with E-state index in [0.29, 0.717) is 12.1 Å². The summed E-state index contributed by atoms with van der Waals surface area (Å²) in [4.78, 5) is 0. The largest absolute Gasteiger partial charge is 0.306 e. The van der Waals surface area contributed by atoms with Gasteiger partial charge >= 0.3 is 0 Å². The summed E-state index contributed by atoms with van der Waals surface area (Å²) in [5, 5.41) is 4.62. The molecule has 2 heteroatoms. The fourth-order valence-electron chi connectivity index (χ4n) is 3.58. The maximum Gasteiger partial charge on any atom is 0.0294 e. The van der Waals surface area contributed by atoms with Crippen LogP contribution in [0, 0.1) is 0 Å². The Morgan fingerprint density at radius 2 is 1.95 bits per heavy atom. The lowest BCUT2D eigenvalue weighted by molar-refractivity contribution is 0.417. The van der Waals surface area contributed by atoms with Gasteiger partial charge in [0.05, 0.1) is 0 Å². The molecule has 110 valence electrons. The summed E-state index contributed by atoms with van der Waals surface area (Å²) < 4.78 is 0. The molecule has 1 aromatic rings. The van der Waals surface area contributed by atoms with E-state index in [4.69, 9.17) is 0 Å². The molecule has 0 aromatic heterocycles. The Hall–Kier alpha value is -0.470. The molecule has 3 unspecified atom stereocenters. The van der Waals surface area contributed by atoms with Crippen LogP contribution in [0.15, 0.2) is 18.2 Å². The molecular weight excluding hydrogens is 262 g/mol. The second-order valence-electron chi connectivity index (χ2n) is 6.45. The van der Waals surface area contributed by atoms with Crippen molar-refractivity contribution in [2.75, 3.05) is 5.75 Å². The number of fused-ring (bicyclic) bond motifs is 1. The summed E-state index contributed by atoms with van der Waals surface area (Å²) in [6.45, 7) is 4.71. The van der Waals surface area contributed by atoms with Gasteiger partial charge in [0, 0.05) is 17.3 Å². The van der Waals surface area contributed by atoms with E-state index in [1.54, 1.807) is 11.1 Å². The van der Waals surface area contributed by atoms with Gasteiger partial charge in [-0.25, -0.2) is 0 Å². The van der Waals surface area contributed by atoms with Gasteiger partial charge in [-0.05, 0) is 67.9 Å². The molecule has 2 aliphatic rings. The quantitative estimate of drug-likeness (QED) is 0.879. The number of nitrogens with one attached hydrogen (secondary N) is 1. The van der Waals surface area contributed by atoms with Gasteiger partial charge < -0.3 is 5.32 Å². The lowest BCUT2D eigenvalue weighted by Gasteiger charge is -2.32. The number of thioether (sulfide) groups is 1. The van der Waals surface area contributed by atoms with Gasteiger partial charge in [-0.1, -0.05) is 25.1 Å². The molecule has 1 aromatic carbocycles. The number of rotatable bonds is 3. The molecule has 0 spiro atoms. The molecule has 3 rings (SSSR count). The van der Waals surface area contributed by atoms with Gasteiger partial charge in [-0.2, -0.15) is 11.8 Å². The fraction of sp³-hybridized carbons (Fsp3) is 0.667. The standard InChI is InChI=1S/C18H27NS/c1-13(19-18-8-5-11-20-14(18)2)16-10-9-15-6-3-4-7-17(15)12-16/h9-10,12-14,18-19H,3-8,11H2,1-2H3. The third-order valence-electron chi connectivity index (χ3n) is 4.94. The highest BCUT2D eigenvalue weighted by atomic mass is 32.2. The van der Waals surface area contributed by atoms with Gasteiger partial charge in [0.25, 0.3) is 0 Å². The first-order valence-electron chi connectivity index (χ1n) is 8.23. The molecule has 0 radical (unpaired) electrons. The predicted octanol–water partition coefficient (Wildman–Crippen LogP) is 4.50. The molecule has 1 heterocycles. The van der Waals surface area contributed by atoms with Crippen molar-refractivity contribution in [2.24, 2.45) is 0 Å². The van der Waals surface area contributed by atoms with Crippen molar-refractivity contribution in [1.29, 1.82) is 0 Å². The van der Waals surface area contributed by atoms with Gasteiger partial charge in [0.2, 0.25) is 0 Å². The lowest BCUT2D eigenvalue weighted by atomic mass is 9.89. The molecule has 1 saturated heterocycles. The van der Waals surface area contributed by atoms with Crippen molar-refractivity contribution < 1.29 is 0 Å². The van der Waals surface area contributed by atoms with Crippen LogP contribution in [-0.2, 0) is 12.8 Å². The van der Waals surface area contributed by atoms with Crippen molar-refractivity contribution in [3.05, 3.63) is 34.9 Å². The van der Waals surface area contributed by atoms with E-state index >= 15 is 0 Å². The minimum Gasteiger partial charge on any atom is -0.306 e. The molecule has 0 saturated carbocycles. The van der Waals surface area contributed by atoms with Crippen LogP contribution in [0.1, 0.15) is 62.3 Å². The minimum atomic E-state index is 0.480. The average Bonchev–Trinajstić information content (AvgIpc) is 2.49. The zero-order valence-electron chi connectivity index (χ0n) is 12.8. The van der Waals surface area contributed by atoms with Gasteiger partial charge in [0.1, 0.15) is 0 Å². The SMILES string of the molecule is CC(NC1CCCSC1C)c1ccc2c(c1)CCCC2. The highest BCUT2D eigenvalue weighted by Gasteiger charge is 2.23. The van der Waals surface area contributed by atoms with E-state index in [1.165, 1.54) is 49.8 Å². The molecule has 1 N–H and O–H groups in total. The maximum absolute atomic E-state index is 3.87. The Kier molecular flexibility index (Phi) is 4.72. The zero-order valence-corrected chi connectivity index (χ0v) is 13.6. The molecule has 0 amide bonds. The van der Waals surface area contributed by atoms with Crippen LogP contribution in [0.3, 0.4) is 0 Å². The van der Waals surface area contributed by atoms with E-state index in [1.807, 2.05) is 0 Å². The lowest BCUT2D eigenvalue weighted by Crippen LogP contribution is -2.40. The van der Waals surface area contributed by atoms with Crippen molar-refractivity contribution in [3.8, 4) is 0 Å². The number of hydrogen-bond donors (Lipinski definition) is 1. The van der Waals surface area contributed by atoms with Crippen molar-refractivity contribution in [1.82, 2.24) is 5.32 Å². The molecule has 0 bridgehead atoms. The molecular formula is C18H27NS. The second kappa shape index (κ2) is 6.53. The van der Waals surface area contributed by atoms with E-state index in [-0.39, 0.29) is 0 Å². The normalized spacial score (nSPS) is 27.9. The van der Waals surface area contributed by atoms with Crippen LogP contribution in [-0.4, -0.2) is 17.0 Å². The number of hydrogen-bond acceptors (Lipinski definition) is 2. The van der Waals surface area contributed by atoms with E-state index in [2.05, 4.69) is 49.1 Å². The number of aryl methyl sites for hydroxylation is 2. The van der Waals surface area contributed by atoms with Gasteiger partial charge in [0.15, 0.2) is 0 Å². The summed E-state index contributed by atoms with van der Waals surface area (Å²) in [7, 11) is 0. The monoisotopic (exact) mass is 289 g/mol. The Morgan fingerprint density at radius 3 is 2.75 bits per heavy atom. The summed E-state index contributed by atoms with van der Waals surface area (Å²) in [6, 6.07) is 8.35. The Morgan fingerprint density at radius 1 is 1.15 bits per heavy atom. The third-order valence-corrected chi connectivity index (χ3v) is 6.32. The Labute approximate surface area is 127 Å². The molecule has 20 heavy (non-hydrogen) atoms. The summed E-state index contributed by atoms with van der Waals surface area (Å²) >= 11 is 2.12. The van der Waals surface area contributed by atoms with E-state index in [9.17, 15) is 0 Å². The van der Waals surface area contributed by atoms with Crippen LogP contribution < -0.4 is 5.32 Å². The smallest absolute Gasteiger partial charge is 0.0294 e. The zero-order chi connectivity index (χ0) is 13.9. The van der Waals surface area contributed by atoms with Gasteiger partial charge in [-0.3, -0.25) is 0 Å². The van der Waals surface area contributed by atoms with Crippen LogP contribution in [0.2, 0.25) is 0 Å². The highest BCUT2D eigenvalue weighted by molar-refractivity contribution is 7.99. The molecule has 1 aliphatic carbocycles. The highest BCUT2D eigenvalue weighted by Crippen LogP contribution is 2.29. The summed E-state index contributed by atoms with van der Waals surface area (Å²) in [6.07, 6.45) is 8.01. The van der Waals surface area contributed by atoms with Gasteiger partial charge in [-0.15, -0.1) is 0 Å². The second-order valence-corrected chi connectivity index (χ2v) is 7.93. The minimum absolute atomic E-state index is 0.480.